The van der Waals surface area contributed by atoms with Crippen molar-refractivity contribution in [2.24, 2.45) is 0 Å². The fourth-order valence-electron chi connectivity index (χ4n) is 2.37. The zero-order valence-corrected chi connectivity index (χ0v) is 13.7. The van der Waals surface area contributed by atoms with Crippen molar-refractivity contribution >= 4 is 16.7 Å². The smallest absolute Gasteiger partial charge is 0.384 e. The van der Waals surface area contributed by atoms with Crippen molar-refractivity contribution in [2.45, 2.75) is 6.42 Å². The average molecular weight is 324 g/mol. The molecule has 0 atom stereocenters. The van der Waals surface area contributed by atoms with Gasteiger partial charge >= 0.3 is 5.97 Å². The summed E-state index contributed by atoms with van der Waals surface area (Å²) in [5.74, 6) is 10.9. The number of carbonyl (C=O) groups is 1. The third kappa shape index (κ3) is 4.74. The molecule has 120 valence electrons. The first kappa shape index (κ1) is 16.4. The van der Waals surface area contributed by atoms with Crippen LogP contribution in [-0.2, 0) is 9.53 Å². The standard InChI is InChI=1S/C23H16O2/c24-23(25-18-7-6-11-19-9-2-1-3-10-19)17-16-21-14-8-13-20-12-4-5-15-22(20)21/h1-5,8-10,12-15H,7,18H2. The Bertz CT molecular complexity index is 991. The van der Waals surface area contributed by atoms with Gasteiger partial charge in [-0.1, -0.05) is 72.4 Å². The second kappa shape index (κ2) is 8.39. The second-order valence-electron chi connectivity index (χ2n) is 5.33. The molecule has 0 spiro atoms. The number of carbonyl (C=O) groups excluding carboxylic acids is 1. The third-order valence-corrected chi connectivity index (χ3v) is 3.56. The lowest BCUT2D eigenvalue weighted by molar-refractivity contribution is -0.136. The predicted octanol–water partition coefficient (Wildman–Crippen LogP) is 4.18. The molecule has 0 N–H and O–H groups in total. The molecule has 0 bridgehead atoms. The van der Waals surface area contributed by atoms with Gasteiger partial charge in [0, 0.05) is 23.5 Å². The summed E-state index contributed by atoms with van der Waals surface area (Å²) >= 11 is 0. The minimum Gasteiger partial charge on any atom is -0.455 e. The van der Waals surface area contributed by atoms with Gasteiger partial charge in [-0.2, -0.15) is 0 Å². The summed E-state index contributed by atoms with van der Waals surface area (Å²) in [5.41, 5.74) is 1.77. The summed E-state index contributed by atoms with van der Waals surface area (Å²) in [6, 6.07) is 23.5. The maximum absolute atomic E-state index is 11.7. The number of esters is 1. The monoisotopic (exact) mass is 324 g/mol. The van der Waals surface area contributed by atoms with E-state index >= 15 is 0 Å². The summed E-state index contributed by atoms with van der Waals surface area (Å²) < 4.78 is 5.10. The molecule has 0 aliphatic carbocycles. The highest BCUT2D eigenvalue weighted by Crippen LogP contribution is 2.17. The molecule has 0 aliphatic heterocycles. The molecule has 3 rings (SSSR count). The van der Waals surface area contributed by atoms with Crippen LogP contribution in [0.1, 0.15) is 17.5 Å². The van der Waals surface area contributed by atoms with E-state index in [0.717, 1.165) is 21.9 Å². The van der Waals surface area contributed by atoms with Gasteiger partial charge in [-0.25, -0.2) is 4.79 Å². The molecule has 0 aliphatic rings. The zero-order valence-electron chi connectivity index (χ0n) is 13.7. The molecule has 3 aromatic rings. The van der Waals surface area contributed by atoms with E-state index in [0.29, 0.717) is 6.42 Å². The minimum absolute atomic E-state index is 0.239. The molecular formula is C23H16O2. The van der Waals surface area contributed by atoms with Gasteiger partial charge in [0.1, 0.15) is 6.61 Å². The Kier molecular flexibility index (Phi) is 5.49. The van der Waals surface area contributed by atoms with E-state index in [1.807, 2.05) is 72.8 Å². The summed E-state index contributed by atoms with van der Waals surface area (Å²) in [6.07, 6.45) is 0.483. The summed E-state index contributed by atoms with van der Waals surface area (Å²) in [4.78, 5) is 11.7. The molecule has 0 amide bonds. The maximum atomic E-state index is 11.7. The molecule has 25 heavy (non-hydrogen) atoms. The van der Waals surface area contributed by atoms with Crippen molar-refractivity contribution in [1.29, 1.82) is 0 Å². The van der Waals surface area contributed by atoms with E-state index < -0.39 is 5.97 Å². The van der Waals surface area contributed by atoms with Crippen LogP contribution in [0.3, 0.4) is 0 Å². The van der Waals surface area contributed by atoms with Crippen molar-refractivity contribution in [3.8, 4) is 23.7 Å². The van der Waals surface area contributed by atoms with E-state index in [-0.39, 0.29) is 6.61 Å². The van der Waals surface area contributed by atoms with Gasteiger partial charge in [0.25, 0.3) is 0 Å². The minimum atomic E-state index is -0.533. The topological polar surface area (TPSA) is 26.3 Å². The van der Waals surface area contributed by atoms with Crippen LogP contribution < -0.4 is 0 Å². The molecule has 0 saturated carbocycles. The second-order valence-corrected chi connectivity index (χ2v) is 5.33. The number of benzene rings is 3. The molecule has 0 fully saturated rings. The highest BCUT2D eigenvalue weighted by atomic mass is 16.5. The Labute approximate surface area is 147 Å². The fourth-order valence-corrected chi connectivity index (χ4v) is 2.37. The van der Waals surface area contributed by atoms with Crippen molar-refractivity contribution in [2.75, 3.05) is 6.61 Å². The lowest BCUT2D eigenvalue weighted by Gasteiger charge is -1.99. The van der Waals surface area contributed by atoms with Crippen LogP contribution in [0, 0.1) is 23.7 Å². The van der Waals surface area contributed by atoms with E-state index in [1.165, 1.54) is 0 Å². The van der Waals surface area contributed by atoms with Crippen molar-refractivity contribution in [3.05, 3.63) is 83.9 Å². The van der Waals surface area contributed by atoms with Crippen LogP contribution in [-0.4, -0.2) is 12.6 Å². The van der Waals surface area contributed by atoms with Gasteiger partial charge in [-0.05, 0) is 29.0 Å². The van der Waals surface area contributed by atoms with E-state index in [9.17, 15) is 4.79 Å². The molecule has 0 unspecified atom stereocenters. The number of hydrogen-bond donors (Lipinski definition) is 0. The maximum Gasteiger partial charge on any atom is 0.384 e. The number of fused-ring (bicyclic) bond motifs is 1. The van der Waals surface area contributed by atoms with Crippen LogP contribution >= 0.6 is 0 Å². The SMILES string of the molecule is O=C(C#Cc1cccc2ccccc12)OCCC#Cc1ccccc1. The van der Waals surface area contributed by atoms with Crippen molar-refractivity contribution < 1.29 is 9.53 Å². The van der Waals surface area contributed by atoms with E-state index in [1.54, 1.807) is 0 Å². The van der Waals surface area contributed by atoms with Crippen LogP contribution in [0.2, 0.25) is 0 Å². The molecule has 3 aromatic carbocycles. The van der Waals surface area contributed by atoms with Gasteiger partial charge in [-0.3, -0.25) is 0 Å². The predicted molar refractivity (Wildman–Crippen MR) is 99.7 cm³/mol. The lowest BCUT2D eigenvalue weighted by Crippen LogP contribution is -2.02. The Balaban J connectivity index is 1.55. The number of rotatable bonds is 2. The number of ether oxygens (including phenoxy) is 1. The third-order valence-electron chi connectivity index (χ3n) is 3.56. The first-order valence-electron chi connectivity index (χ1n) is 8.03. The summed E-state index contributed by atoms with van der Waals surface area (Å²) in [6.45, 7) is 0.239. The number of hydrogen-bond acceptors (Lipinski definition) is 2. The largest absolute Gasteiger partial charge is 0.455 e. The molecule has 2 heteroatoms. The van der Waals surface area contributed by atoms with Crippen molar-refractivity contribution in [3.63, 3.8) is 0 Å². The Morgan fingerprint density at radius 1 is 0.840 bits per heavy atom. The summed E-state index contributed by atoms with van der Waals surface area (Å²) in [7, 11) is 0. The highest BCUT2D eigenvalue weighted by Gasteiger charge is 1.99. The molecular weight excluding hydrogens is 308 g/mol. The normalized spacial score (nSPS) is 9.44. The zero-order chi connectivity index (χ0) is 17.3. The van der Waals surface area contributed by atoms with Crippen LogP contribution in [0.4, 0.5) is 0 Å². The van der Waals surface area contributed by atoms with Gasteiger partial charge in [0.15, 0.2) is 0 Å². The first-order chi connectivity index (χ1) is 12.3. The molecule has 0 heterocycles. The first-order valence-corrected chi connectivity index (χ1v) is 8.03. The van der Waals surface area contributed by atoms with Gasteiger partial charge in [0.2, 0.25) is 0 Å². The average Bonchev–Trinajstić information content (AvgIpc) is 2.67. The Morgan fingerprint density at radius 3 is 2.48 bits per heavy atom. The van der Waals surface area contributed by atoms with Crippen molar-refractivity contribution in [1.82, 2.24) is 0 Å². The van der Waals surface area contributed by atoms with E-state index in [4.69, 9.17) is 4.74 Å². The Hall–Kier alpha value is -3.49. The molecule has 0 aromatic heterocycles. The van der Waals surface area contributed by atoms with Crippen LogP contribution in [0.25, 0.3) is 10.8 Å². The van der Waals surface area contributed by atoms with Gasteiger partial charge in [-0.15, -0.1) is 0 Å². The quantitative estimate of drug-likeness (QED) is 0.402. The fraction of sp³-hybridized carbons (Fsp3) is 0.0870. The lowest BCUT2D eigenvalue weighted by atomic mass is 10.1. The molecule has 0 saturated heterocycles. The van der Waals surface area contributed by atoms with Gasteiger partial charge < -0.3 is 4.74 Å². The molecule has 0 radical (unpaired) electrons. The van der Waals surface area contributed by atoms with Crippen LogP contribution in [0.15, 0.2) is 72.8 Å². The highest BCUT2D eigenvalue weighted by molar-refractivity contribution is 5.92. The van der Waals surface area contributed by atoms with Crippen LogP contribution in [0.5, 0.6) is 0 Å². The Morgan fingerprint density at radius 2 is 1.60 bits per heavy atom. The van der Waals surface area contributed by atoms with E-state index in [2.05, 4.69) is 23.7 Å². The molecule has 2 nitrogen and oxygen atoms in total. The van der Waals surface area contributed by atoms with Gasteiger partial charge in [0.05, 0.1) is 0 Å². The summed E-state index contributed by atoms with van der Waals surface area (Å²) in [5, 5.41) is 2.12.